The SMILES string of the molecule is Cc1ccc2c(NCC[C@H](C)O)cccc2c1Oc1ncccc1-c1ccnc(N[C@H]2CCCN(C(=O)OC(C)(C)C)C2)n1. The Morgan fingerprint density at radius 3 is 2.73 bits per heavy atom. The third-order valence-corrected chi connectivity index (χ3v) is 7.39. The van der Waals surface area contributed by atoms with Crippen molar-refractivity contribution in [2.45, 2.75) is 71.6 Å². The molecule has 1 aliphatic heterocycles. The maximum absolute atomic E-state index is 12.6. The van der Waals surface area contributed by atoms with E-state index < -0.39 is 5.60 Å². The highest BCUT2D eigenvalue weighted by molar-refractivity contribution is 5.98. The highest BCUT2D eigenvalue weighted by atomic mass is 16.6. The van der Waals surface area contributed by atoms with Crippen molar-refractivity contribution in [2.24, 2.45) is 0 Å². The second-order valence-corrected chi connectivity index (χ2v) is 12.3. The summed E-state index contributed by atoms with van der Waals surface area (Å²) in [5.74, 6) is 1.63. The molecule has 3 N–H and O–H groups in total. The third-order valence-electron chi connectivity index (χ3n) is 7.39. The topological polar surface area (TPSA) is 122 Å². The van der Waals surface area contributed by atoms with Crippen molar-refractivity contribution in [2.75, 3.05) is 30.3 Å². The van der Waals surface area contributed by atoms with E-state index in [-0.39, 0.29) is 18.2 Å². The summed E-state index contributed by atoms with van der Waals surface area (Å²) in [6.07, 6.45) is 5.15. The first kappa shape index (κ1) is 31.0. The van der Waals surface area contributed by atoms with Crippen LogP contribution in [0.1, 0.15) is 52.5 Å². The van der Waals surface area contributed by atoms with Gasteiger partial charge in [0, 0.05) is 54.5 Å². The lowest BCUT2D eigenvalue weighted by molar-refractivity contribution is 0.0206. The zero-order valence-electron chi connectivity index (χ0n) is 26.1. The summed E-state index contributed by atoms with van der Waals surface area (Å²) < 4.78 is 12.1. The lowest BCUT2D eigenvalue weighted by Gasteiger charge is -2.34. The first-order valence-corrected chi connectivity index (χ1v) is 15.2. The molecule has 1 fully saturated rings. The Bertz CT molecular complexity index is 1600. The van der Waals surface area contributed by atoms with Gasteiger partial charge in [-0.2, -0.15) is 0 Å². The number of hydrogen-bond acceptors (Lipinski definition) is 9. The maximum Gasteiger partial charge on any atom is 0.410 e. The molecule has 0 spiro atoms. The molecule has 2 atom stereocenters. The number of pyridine rings is 1. The molecule has 0 unspecified atom stereocenters. The summed E-state index contributed by atoms with van der Waals surface area (Å²) in [6, 6.07) is 15.8. The molecule has 1 amide bonds. The number of benzene rings is 2. The standard InChI is InChI=1S/C34H42N6O4/c1-22-13-14-25-26(10-6-12-28(25)35-18-15-23(2)41)30(22)43-31-27(11-7-17-36-31)29-16-19-37-32(39-29)38-24-9-8-20-40(21-24)33(42)44-34(3,4)5/h6-7,10-14,16-17,19,23-24,35,41H,8-9,15,18,20-21H2,1-5H3,(H,37,38,39)/t23-,24-/m0/s1. The Balaban J connectivity index is 1.36. The van der Waals surface area contributed by atoms with Gasteiger partial charge in [0.25, 0.3) is 0 Å². The number of aryl methyl sites for hydroxylation is 1. The number of carbonyl (C=O) groups excluding carboxylic acids is 1. The molecule has 232 valence electrons. The van der Waals surface area contributed by atoms with Crippen LogP contribution in [0.4, 0.5) is 16.4 Å². The fourth-order valence-electron chi connectivity index (χ4n) is 5.26. The fourth-order valence-corrected chi connectivity index (χ4v) is 5.26. The Morgan fingerprint density at radius 1 is 1.09 bits per heavy atom. The number of carbonyl (C=O) groups is 1. The monoisotopic (exact) mass is 598 g/mol. The Hall–Kier alpha value is -4.44. The highest BCUT2D eigenvalue weighted by Crippen LogP contribution is 2.38. The minimum absolute atomic E-state index is 0.00198. The van der Waals surface area contributed by atoms with E-state index >= 15 is 0 Å². The van der Waals surface area contributed by atoms with E-state index in [4.69, 9.17) is 14.5 Å². The highest BCUT2D eigenvalue weighted by Gasteiger charge is 2.28. The average molecular weight is 599 g/mol. The fraction of sp³-hybridized carbons (Fsp3) is 0.412. The van der Waals surface area contributed by atoms with E-state index in [1.165, 1.54) is 0 Å². The van der Waals surface area contributed by atoms with Crippen LogP contribution in [0.5, 0.6) is 11.6 Å². The van der Waals surface area contributed by atoms with Crippen molar-refractivity contribution >= 4 is 28.5 Å². The van der Waals surface area contributed by atoms with Crippen LogP contribution in [0.15, 0.2) is 60.9 Å². The Morgan fingerprint density at radius 2 is 1.93 bits per heavy atom. The summed E-state index contributed by atoms with van der Waals surface area (Å²) in [4.78, 5) is 28.2. The minimum Gasteiger partial charge on any atom is -0.444 e. The number of aromatic nitrogens is 3. The van der Waals surface area contributed by atoms with Crippen LogP contribution in [0.3, 0.4) is 0 Å². The smallest absolute Gasteiger partial charge is 0.410 e. The number of fused-ring (bicyclic) bond motifs is 1. The summed E-state index contributed by atoms with van der Waals surface area (Å²) >= 11 is 0. The first-order valence-electron chi connectivity index (χ1n) is 15.2. The van der Waals surface area contributed by atoms with Crippen molar-refractivity contribution in [1.82, 2.24) is 19.9 Å². The number of aliphatic hydroxyl groups is 1. The molecular weight excluding hydrogens is 556 g/mol. The van der Waals surface area contributed by atoms with E-state index in [9.17, 15) is 9.90 Å². The molecule has 10 nitrogen and oxygen atoms in total. The summed E-state index contributed by atoms with van der Waals surface area (Å²) in [7, 11) is 0. The van der Waals surface area contributed by atoms with Crippen LogP contribution < -0.4 is 15.4 Å². The number of likely N-dealkylation sites (tertiary alicyclic amines) is 1. The van der Waals surface area contributed by atoms with Gasteiger partial charge in [0.1, 0.15) is 11.4 Å². The van der Waals surface area contributed by atoms with E-state index in [2.05, 4.69) is 26.7 Å². The molecule has 2 aromatic carbocycles. The number of hydrogen-bond donors (Lipinski definition) is 3. The van der Waals surface area contributed by atoms with E-state index in [1.807, 2.05) is 70.2 Å². The molecule has 0 radical (unpaired) electrons. The molecule has 0 bridgehead atoms. The molecule has 44 heavy (non-hydrogen) atoms. The summed E-state index contributed by atoms with van der Waals surface area (Å²) in [6.45, 7) is 11.3. The summed E-state index contributed by atoms with van der Waals surface area (Å²) in [5, 5.41) is 18.5. The third kappa shape index (κ3) is 7.74. The predicted octanol–water partition coefficient (Wildman–Crippen LogP) is 6.79. The molecule has 10 heteroatoms. The van der Waals surface area contributed by atoms with Crippen LogP contribution in [0.25, 0.3) is 22.0 Å². The quantitative estimate of drug-likeness (QED) is 0.191. The van der Waals surface area contributed by atoms with Crippen LogP contribution in [0, 0.1) is 6.92 Å². The second-order valence-electron chi connectivity index (χ2n) is 12.3. The molecule has 1 saturated heterocycles. The van der Waals surface area contributed by atoms with Crippen LogP contribution in [-0.4, -0.2) is 68.4 Å². The number of aliphatic hydroxyl groups excluding tert-OH is 1. The molecule has 5 rings (SSSR count). The van der Waals surface area contributed by atoms with E-state index in [0.29, 0.717) is 43.6 Å². The zero-order valence-corrected chi connectivity index (χ0v) is 26.1. The van der Waals surface area contributed by atoms with Gasteiger partial charge in [0.05, 0.1) is 17.4 Å². The van der Waals surface area contributed by atoms with Gasteiger partial charge < -0.3 is 30.1 Å². The minimum atomic E-state index is -0.540. The average Bonchev–Trinajstić information content (AvgIpc) is 2.98. The van der Waals surface area contributed by atoms with Crippen molar-refractivity contribution in [3.05, 3.63) is 66.5 Å². The zero-order chi connectivity index (χ0) is 31.3. The van der Waals surface area contributed by atoms with Gasteiger partial charge in [0.2, 0.25) is 11.8 Å². The van der Waals surface area contributed by atoms with Crippen molar-refractivity contribution in [3.63, 3.8) is 0 Å². The Kier molecular flexibility index (Phi) is 9.49. The van der Waals surface area contributed by atoms with Gasteiger partial charge in [-0.05, 0) is 83.7 Å². The first-order chi connectivity index (χ1) is 21.1. The Labute approximate surface area is 258 Å². The number of nitrogens with one attached hydrogen (secondary N) is 2. The van der Waals surface area contributed by atoms with Crippen molar-refractivity contribution < 1.29 is 19.4 Å². The lowest BCUT2D eigenvalue weighted by atomic mass is 10.0. The van der Waals surface area contributed by atoms with Gasteiger partial charge in [-0.15, -0.1) is 0 Å². The number of nitrogens with zero attached hydrogens (tertiary/aromatic N) is 4. The predicted molar refractivity (Wildman–Crippen MR) is 173 cm³/mol. The normalized spacial score (nSPS) is 16.0. The molecule has 1 aliphatic rings. The molecular formula is C34H42N6O4. The van der Waals surface area contributed by atoms with Crippen molar-refractivity contribution in [3.8, 4) is 22.9 Å². The number of ether oxygens (including phenoxy) is 2. The van der Waals surface area contributed by atoms with Gasteiger partial charge in [-0.3, -0.25) is 0 Å². The lowest BCUT2D eigenvalue weighted by Crippen LogP contribution is -2.47. The van der Waals surface area contributed by atoms with Gasteiger partial charge >= 0.3 is 6.09 Å². The molecule has 4 aromatic rings. The molecule has 0 saturated carbocycles. The van der Waals surface area contributed by atoms with E-state index in [0.717, 1.165) is 46.2 Å². The van der Waals surface area contributed by atoms with E-state index in [1.54, 1.807) is 24.2 Å². The molecule has 2 aromatic heterocycles. The van der Waals surface area contributed by atoms with Gasteiger partial charge in [-0.1, -0.05) is 24.3 Å². The van der Waals surface area contributed by atoms with Crippen molar-refractivity contribution in [1.29, 1.82) is 0 Å². The van der Waals surface area contributed by atoms with Gasteiger partial charge in [-0.25, -0.2) is 19.7 Å². The summed E-state index contributed by atoms with van der Waals surface area (Å²) in [5.41, 5.74) is 2.82. The second kappa shape index (κ2) is 13.5. The maximum atomic E-state index is 12.6. The van der Waals surface area contributed by atoms with Crippen LogP contribution in [0.2, 0.25) is 0 Å². The number of amides is 1. The number of anilines is 2. The number of piperidine rings is 1. The number of rotatable bonds is 9. The van der Waals surface area contributed by atoms with Crippen LogP contribution >= 0.6 is 0 Å². The van der Waals surface area contributed by atoms with Crippen LogP contribution in [-0.2, 0) is 4.74 Å². The largest absolute Gasteiger partial charge is 0.444 e. The molecule has 3 heterocycles. The van der Waals surface area contributed by atoms with Gasteiger partial charge in [0.15, 0.2) is 0 Å². The molecule has 0 aliphatic carbocycles.